The average molecular weight is 286 g/mol. The molecule has 3 rings (SSSR count). The number of hydrogen-bond acceptors (Lipinski definition) is 5. The van der Waals surface area contributed by atoms with Crippen LogP contribution in [0.3, 0.4) is 0 Å². The average Bonchev–Trinajstić information content (AvgIpc) is 2.89. The number of carbonyl (C=O) groups excluding carboxylic acids is 2. The topological polar surface area (TPSA) is 88.3 Å². The van der Waals surface area contributed by atoms with Crippen molar-refractivity contribution in [1.29, 1.82) is 0 Å². The first-order chi connectivity index (χ1) is 10.1. The van der Waals surface area contributed by atoms with Crippen LogP contribution in [-0.2, 0) is 16.1 Å². The van der Waals surface area contributed by atoms with E-state index >= 15 is 0 Å². The van der Waals surface area contributed by atoms with Gasteiger partial charge < -0.3 is 14.7 Å². The Bertz CT molecular complexity index is 668. The highest BCUT2D eigenvalue weighted by molar-refractivity contribution is 5.95. The van der Waals surface area contributed by atoms with Crippen LogP contribution >= 0.6 is 0 Å². The van der Waals surface area contributed by atoms with Crippen LogP contribution in [0.4, 0.5) is 0 Å². The first-order valence-corrected chi connectivity index (χ1v) is 6.56. The fourth-order valence-electron chi connectivity index (χ4n) is 2.34. The Morgan fingerprint density at radius 2 is 2.10 bits per heavy atom. The molecular formula is C14H14N4O3. The van der Waals surface area contributed by atoms with Gasteiger partial charge in [-0.1, -0.05) is 35.5 Å². The molecule has 7 nitrogen and oxygen atoms in total. The van der Waals surface area contributed by atoms with Gasteiger partial charge in [0.05, 0.1) is 6.54 Å². The van der Waals surface area contributed by atoms with Gasteiger partial charge in [-0.2, -0.15) is 4.98 Å². The molecule has 0 aliphatic carbocycles. The highest BCUT2D eigenvalue weighted by Crippen LogP contribution is 2.25. The maximum atomic E-state index is 12.2. The Morgan fingerprint density at radius 1 is 1.33 bits per heavy atom. The molecule has 0 radical (unpaired) electrons. The molecule has 1 aliphatic rings. The summed E-state index contributed by atoms with van der Waals surface area (Å²) in [7, 11) is 0. The van der Waals surface area contributed by atoms with Crippen LogP contribution in [0, 0.1) is 6.92 Å². The van der Waals surface area contributed by atoms with Crippen molar-refractivity contribution in [2.45, 2.75) is 19.5 Å². The minimum Gasteiger partial charge on any atom is -0.345 e. The first-order valence-electron chi connectivity index (χ1n) is 6.56. The third kappa shape index (κ3) is 2.62. The van der Waals surface area contributed by atoms with Gasteiger partial charge in [0, 0.05) is 0 Å². The second-order valence-corrected chi connectivity index (χ2v) is 4.79. The number of aromatic nitrogens is 2. The van der Waals surface area contributed by atoms with Crippen molar-refractivity contribution >= 4 is 11.8 Å². The van der Waals surface area contributed by atoms with Crippen LogP contribution in [0.25, 0.3) is 0 Å². The molecule has 2 heterocycles. The lowest BCUT2D eigenvalue weighted by Gasteiger charge is -2.34. The summed E-state index contributed by atoms with van der Waals surface area (Å²) in [6.07, 6.45) is 0. The third-order valence-corrected chi connectivity index (χ3v) is 3.28. The third-order valence-electron chi connectivity index (χ3n) is 3.28. The van der Waals surface area contributed by atoms with Crippen LogP contribution in [0.2, 0.25) is 0 Å². The Labute approximate surface area is 120 Å². The number of nitrogens with zero attached hydrogens (tertiary/aromatic N) is 3. The number of rotatable bonds is 3. The van der Waals surface area contributed by atoms with Gasteiger partial charge in [0.15, 0.2) is 5.82 Å². The lowest BCUT2D eigenvalue weighted by molar-refractivity contribution is -0.147. The summed E-state index contributed by atoms with van der Waals surface area (Å²) in [6.45, 7) is 1.80. The lowest BCUT2D eigenvalue weighted by atomic mass is 10.0. The number of aryl methyl sites for hydroxylation is 1. The van der Waals surface area contributed by atoms with Crippen LogP contribution in [0.5, 0.6) is 0 Å². The molecule has 1 saturated heterocycles. The van der Waals surface area contributed by atoms with Gasteiger partial charge in [0.2, 0.25) is 17.7 Å². The van der Waals surface area contributed by atoms with Crippen molar-refractivity contribution in [1.82, 2.24) is 20.4 Å². The summed E-state index contributed by atoms with van der Waals surface area (Å²) < 4.78 is 5.05. The fourth-order valence-corrected chi connectivity index (χ4v) is 2.34. The summed E-state index contributed by atoms with van der Waals surface area (Å²) in [4.78, 5) is 29.9. The van der Waals surface area contributed by atoms with Gasteiger partial charge in [-0.05, 0) is 12.5 Å². The minimum absolute atomic E-state index is 0.0186. The van der Waals surface area contributed by atoms with Crippen LogP contribution in [-0.4, -0.2) is 33.4 Å². The number of piperazine rings is 1. The van der Waals surface area contributed by atoms with Gasteiger partial charge in [-0.25, -0.2) is 0 Å². The van der Waals surface area contributed by atoms with Crippen LogP contribution < -0.4 is 5.32 Å². The Balaban J connectivity index is 1.92. The van der Waals surface area contributed by atoms with Crippen LogP contribution in [0.1, 0.15) is 23.3 Å². The second kappa shape index (κ2) is 5.35. The van der Waals surface area contributed by atoms with Crippen molar-refractivity contribution < 1.29 is 14.1 Å². The van der Waals surface area contributed by atoms with Gasteiger partial charge >= 0.3 is 0 Å². The zero-order valence-electron chi connectivity index (χ0n) is 11.4. The Kier molecular flexibility index (Phi) is 3.39. The molecule has 2 aromatic rings. The molecule has 1 N–H and O–H groups in total. The maximum absolute atomic E-state index is 12.2. The molecule has 1 atom stereocenters. The molecule has 0 bridgehead atoms. The predicted octanol–water partition coefficient (Wildman–Crippen LogP) is 0.578. The second-order valence-electron chi connectivity index (χ2n) is 4.79. The predicted molar refractivity (Wildman–Crippen MR) is 71.8 cm³/mol. The highest BCUT2D eigenvalue weighted by Gasteiger charge is 2.36. The summed E-state index contributed by atoms with van der Waals surface area (Å²) in [5.41, 5.74) is 0.749. The van der Waals surface area contributed by atoms with Crippen molar-refractivity contribution in [2.75, 3.05) is 6.54 Å². The van der Waals surface area contributed by atoms with Crippen molar-refractivity contribution in [3.63, 3.8) is 0 Å². The lowest BCUT2D eigenvalue weighted by Crippen LogP contribution is -2.53. The quantitative estimate of drug-likeness (QED) is 0.891. The fraction of sp³-hybridized carbons (Fsp3) is 0.286. The highest BCUT2D eigenvalue weighted by atomic mass is 16.5. The van der Waals surface area contributed by atoms with E-state index in [1.54, 1.807) is 6.92 Å². The van der Waals surface area contributed by atoms with E-state index in [9.17, 15) is 9.59 Å². The van der Waals surface area contributed by atoms with E-state index in [0.29, 0.717) is 11.7 Å². The molecule has 1 aromatic heterocycles. The normalized spacial score (nSPS) is 18.7. The molecule has 0 saturated carbocycles. The Morgan fingerprint density at radius 3 is 2.76 bits per heavy atom. The summed E-state index contributed by atoms with van der Waals surface area (Å²) >= 11 is 0. The molecular weight excluding hydrogens is 272 g/mol. The molecule has 108 valence electrons. The molecule has 1 fully saturated rings. The SMILES string of the molecule is Cc1noc(CN2C(=O)CNC(=O)C2c2ccccc2)n1. The largest absolute Gasteiger partial charge is 0.345 e. The van der Waals surface area contributed by atoms with Crippen molar-refractivity contribution in [3.8, 4) is 0 Å². The van der Waals surface area contributed by atoms with E-state index in [2.05, 4.69) is 15.5 Å². The summed E-state index contributed by atoms with van der Waals surface area (Å²) in [5, 5.41) is 6.30. The van der Waals surface area contributed by atoms with E-state index in [-0.39, 0.29) is 24.9 Å². The van der Waals surface area contributed by atoms with E-state index in [1.807, 2.05) is 30.3 Å². The van der Waals surface area contributed by atoms with E-state index < -0.39 is 6.04 Å². The monoisotopic (exact) mass is 286 g/mol. The zero-order chi connectivity index (χ0) is 14.8. The summed E-state index contributed by atoms with van der Waals surface area (Å²) in [5.74, 6) is 0.419. The molecule has 21 heavy (non-hydrogen) atoms. The minimum atomic E-state index is -0.681. The molecule has 1 unspecified atom stereocenters. The molecule has 2 amide bonds. The van der Waals surface area contributed by atoms with E-state index in [1.165, 1.54) is 4.90 Å². The molecule has 1 aromatic carbocycles. The number of nitrogens with one attached hydrogen (secondary N) is 1. The van der Waals surface area contributed by atoms with Gasteiger partial charge in [-0.15, -0.1) is 0 Å². The number of benzene rings is 1. The molecule has 7 heteroatoms. The van der Waals surface area contributed by atoms with Gasteiger partial charge in [0.25, 0.3) is 0 Å². The maximum Gasteiger partial charge on any atom is 0.247 e. The number of amides is 2. The Hall–Kier alpha value is -2.70. The zero-order valence-corrected chi connectivity index (χ0v) is 11.4. The van der Waals surface area contributed by atoms with E-state index in [4.69, 9.17) is 4.52 Å². The molecule has 1 aliphatic heterocycles. The van der Waals surface area contributed by atoms with Gasteiger partial charge in [-0.3, -0.25) is 9.59 Å². The van der Waals surface area contributed by atoms with E-state index in [0.717, 1.165) is 5.56 Å². The first kappa shape index (κ1) is 13.3. The summed E-state index contributed by atoms with van der Waals surface area (Å²) in [6, 6.07) is 8.47. The smallest absolute Gasteiger partial charge is 0.247 e. The molecule has 0 spiro atoms. The number of hydrogen-bond donors (Lipinski definition) is 1. The standard InChI is InChI=1S/C14H14N4O3/c1-9-16-11(21-17-9)8-18-12(19)7-15-14(20)13(18)10-5-3-2-4-6-10/h2-6,13H,7-8H2,1H3,(H,15,20). The number of carbonyl (C=O) groups is 2. The van der Waals surface area contributed by atoms with Crippen molar-refractivity contribution in [3.05, 3.63) is 47.6 Å². The van der Waals surface area contributed by atoms with Gasteiger partial charge in [0.1, 0.15) is 12.6 Å². The van der Waals surface area contributed by atoms with Crippen LogP contribution in [0.15, 0.2) is 34.9 Å². The van der Waals surface area contributed by atoms with Crippen molar-refractivity contribution in [2.24, 2.45) is 0 Å².